The van der Waals surface area contributed by atoms with Crippen molar-refractivity contribution in [2.75, 3.05) is 0 Å². The predicted molar refractivity (Wildman–Crippen MR) is 134 cm³/mol. The first-order valence-electron chi connectivity index (χ1n) is 13.7. The molecule has 0 aromatic rings. The van der Waals surface area contributed by atoms with Crippen LogP contribution in [-0.4, -0.2) is 6.04 Å². The molecule has 2 fully saturated rings. The molecular weight excluding hydrogens is 378 g/mol. The number of rotatable bonds is 9. The van der Waals surface area contributed by atoms with Crippen LogP contribution in [0.1, 0.15) is 119 Å². The average molecular weight is 430 g/mol. The van der Waals surface area contributed by atoms with E-state index in [1.54, 1.807) is 5.57 Å². The first-order chi connectivity index (χ1) is 14.7. The standard InChI is InChI=1S/C29H51NO/c1-8-25-24(14-13-22-19-23(30-31)17-18-29(22,25)7)27-16-15-26(28(27,6)9-2)21(5)12-10-11-20(3)4/h13,20-21,23-27H,8-12,14-19H2,1-7H3/t21-,23+,24-,25?,26-,27?,28-,29+/m1/s1. The van der Waals surface area contributed by atoms with Crippen molar-refractivity contribution < 1.29 is 0 Å². The van der Waals surface area contributed by atoms with Gasteiger partial charge in [0.05, 0.1) is 6.04 Å². The van der Waals surface area contributed by atoms with Gasteiger partial charge in [0.1, 0.15) is 0 Å². The van der Waals surface area contributed by atoms with Gasteiger partial charge in [0.15, 0.2) is 0 Å². The third-order valence-electron chi connectivity index (χ3n) is 10.6. The van der Waals surface area contributed by atoms with Crippen molar-refractivity contribution in [2.45, 2.75) is 125 Å². The Morgan fingerprint density at radius 3 is 2.45 bits per heavy atom. The summed E-state index contributed by atoms with van der Waals surface area (Å²) in [5, 5.41) is 3.43. The van der Waals surface area contributed by atoms with E-state index in [9.17, 15) is 4.91 Å². The molecule has 0 N–H and O–H groups in total. The Labute approximate surface area is 193 Å². The van der Waals surface area contributed by atoms with E-state index in [4.69, 9.17) is 0 Å². The van der Waals surface area contributed by atoms with E-state index in [0.29, 0.717) is 10.8 Å². The topological polar surface area (TPSA) is 29.4 Å². The van der Waals surface area contributed by atoms with E-state index in [0.717, 1.165) is 54.8 Å². The van der Waals surface area contributed by atoms with Crippen LogP contribution < -0.4 is 0 Å². The molecule has 2 saturated carbocycles. The lowest BCUT2D eigenvalue weighted by Crippen LogP contribution is -2.46. The van der Waals surface area contributed by atoms with E-state index in [1.165, 1.54) is 51.4 Å². The number of nitroso groups, excluding NO2 is 1. The van der Waals surface area contributed by atoms with Gasteiger partial charge in [-0.3, -0.25) is 0 Å². The molecular formula is C29H51NO. The summed E-state index contributed by atoms with van der Waals surface area (Å²) in [6.45, 7) is 17.4. The fraction of sp³-hybridized carbons (Fsp3) is 0.931. The summed E-state index contributed by atoms with van der Waals surface area (Å²) in [4.78, 5) is 11.2. The average Bonchev–Trinajstić information content (AvgIpc) is 3.09. The van der Waals surface area contributed by atoms with Crippen LogP contribution in [-0.2, 0) is 0 Å². The van der Waals surface area contributed by atoms with E-state index < -0.39 is 0 Å². The third kappa shape index (κ3) is 4.70. The van der Waals surface area contributed by atoms with Crippen LogP contribution in [0.25, 0.3) is 0 Å². The van der Waals surface area contributed by atoms with Crippen molar-refractivity contribution in [2.24, 2.45) is 51.5 Å². The zero-order valence-corrected chi connectivity index (χ0v) is 21.8. The molecule has 2 heteroatoms. The molecule has 3 rings (SSSR count). The zero-order chi connectivity index (χ0) is 22.8. The molecule has 178 valence electrons. The fourth-order valence-corrected chi connectivity index (χ4v) is 8.66. The van der Waals surface area contributed by atoms with Gasteiger partial charge in [-0.05, 0) is 84.9 Å². The first-order valence-corrected chi connectivity index (χ1v) is 13.7. The molecule has 2 unspecified atom stereocenters. The van der Waals surface area contributed by atoms with Crippen molar-refractivity contribution in [1.82, 2.24) is 0 Å². The third-order valence-corrected chi connectivity index (χ3v) is 10.6. The van der Waals surface area contributed by atoms with Crippen LogP contribution in [0.2, 0.25) is 0 Å². The fourth-order valence-electron chi connectivity index (χ4n) is 8.66. The molecule has 31 heavy (non-hydrogen) atoms. The molecule has 0 aromatic heterocycles. The smallest absolute Gasteiger partial charge is 0.0957 e. The van der Waals surface area contributed by atoms with Crippen LogP contribution >= 0.6 is 0 Å². The maximum absolute atomic E-state index is 11.2. The Morgan fingerprint density at radius 1 is 1.10 bits per heavy atom. The van der Waals surface area contributed by atoms with Gasteiger partial charge in [-0.25, -0.2) is 0 Å². The summed E-state index contributed by atoms with van der Waals surface area (Å²) in [5.41, 5.74) is 2.36. The minimum absolute atomic E-state index is 0.0249. The molecule has 0 radical (unpaired) electrons. The number of allylic oxidation sites excluding steroid dienone is 1. The molecule has 0 saturated heterocycles. The number of nitrogens with zero attached hydrogens (tertiary/aromatic N) is 1. The molecule has 3 aliphatic carbocycles. The van der Waals surface area contributed by atoms with Crippen molar-refractivity contribution in [3.63, 3.8) is 0 Å². The van der Waals surface area contributed by atoms with Gasteiger partial charge in [0, 0.05) is 0 Å². The van der Waals surface area contributed by atoms with E-state index in [2.05, 4.69) is 59.7 Å². The summed E-state index contributed by atoms with van der Waals surface area (Å²) in [5.74, 6) is 5.02. The lowest BCUT2D eigenvalue weighted by molar-refractivity contribution is 0.00243. The molecule has 0 spiro atoms. The Hall–Kier alpha value is -0.660. The Kier molecular flexibility index (Phi) is 8.12. The molecule has 3 aliphatic rings. The summed E-state index contributed by atoms with van der Waals surface area (Å²) >= 11 is 0. The monoisotopic (exact) mass is 429 g/mol. The summed E-state index contributed by atoms with van der Waals surface area (Å²) < 4.78 is 0. The lowest BCUT2D eigenvalue weighted by atomic mass is 9.51. The highest BCUT2D eigenvalue weighted by atomic mass is 16.3. The van der Waals surface area contributed by atoms with Crippen LogP contribution in [0.3, 0.4) is 0 Å². The zero-order valence-electron chi connectivity index (χ0n) is 21.8. The van der Waals surface area contributed by atoms with Crippen molar-refractivity contribution in [3.05, 3.63) is 16.6 Å². The van der Waals surface area contributed by atoms with Crippen LogP contribution in [0.5, 0.6) is 0 Å². The highest BCUT2D eigenvalue weighted by Crippen LogP contribution is 2.63. The number of hydrogen-bond donors (Lipinski definition) is 0. The van der Waals surface area contributed by atoms with Gasteiger partial charge in [0.2, 0.25) is 0 Å². The van der Waals surface area contributed by atoms with Crippen molar-refractivity contribution in [1.29, 1.82) is 0 Å². The second-order valence-electron chi connectivity index (χ2n) is 12.5. The molecule has 0 amide bonds. The first kappa shape index (κ1) is 25.0. The van der Waals surface area contributed by atoms with Gasteiger partial charge in [-0.2, -0.15) is 4.91 Å². The van der Waals surface area contributed by atoms with Crippen LogP contribution in [0, 0.1) is 51.2 Å². The highest BCUT2D eigenvalue weighted by Gasteiger charge is 2.55. The van der Waals surface area contributed by atoms with Crippen molar-refractivity contribution in [3.8, 4) is 0 Å². The second-order valence-corrected chi connectivity index (χ2v) is 12.5. The molecule has 0 aromatic carbocycles. The van der Waals surface area contributed by atoms with Gasteiger partial charge < -0.3 is 0 Å². The second kappa shape index (κ2) is 10.1. The van der Waals surface area contributed by atoms with Gasteiger partial charge in [-0.1, -0.05) is 97.4 Å². The van der Waals surface area contributed by atoms with Crippen LogP contribution in [0.4, 0.5) is 0 Å². The molecule has 0 aliphatic heterocycles. The van der Waals surface area contributed by atoms with E-state index >= 15 is 0 Å². The number of fused-ring (bicyclic) bond motifs is 1. The summed E-state index contributed by atoms with van der Waals surface area (Å²) in [6, 6.07) is 0.0249. The quantitative estimate of drug-likeness (QED) is 0.265. The Morgan fingerprint density at radius 2 is 1.84 bits per heavy atom. The van der Waals surface area contributed by atoms with Crippen molar-refractivity contribution >= 4 is 0 Å². The van der Waals surface area contributed by atoms with E-state index in [-0.39, 0.29) is 6.04 Å². The normalized spacial score (nSPS) is 41.7. The highest BCUT2D eigenvalue weighted by molar-refractivity contribution is 5.24. The SMILES string of the molecule is CCC1[C@H](C2CC[C@H]([C@H](C)CCCC(C)C)[C@@]2(C)CC)CC=C2C[C@@H](N=O)CC[C@@]21C. The minimum atomic E-state index is 0.0249. The Bertz CT molecular complexity index is 639. The molecule has 8 atom stereocenters. The van der Waals surface area contributed by atoms with E-state index in [1.807, 2.05) is 0 Å². The molecule has 0 heterocycles. The molecule has 0 bridgehead atoms. The summed E-state index contributed by atoms with van der Waals surface area (Å²) in [7, 11) is 0. The Balaban J connectivity index is 1.79. The van der Waals surface area contributed by atoms with Crippen LogP contribution in [0.15, 0.2) is 16.8 Å². The van der Waals surface area contributed by atoms with Gasteiger partial charge >= 0.3 is 0 Å². The maximum atomic E-state index is 11.2. The lowest BCUT2D eigenvalue weighted by Gasteiger charge is -2.54. The minimum Gasteiger partial charge on any atom is -0.151 e. The molecule has 2 nitrogen and oxygen atoms in total. The summed E-state index contributed by atoms with van der Waals surface area (Å²) in [6.07, 6.45) is 16.6. The predicted octanol–water partition coefficient (Wildman–Crippen LogP) is 9.19. The van der Waals surface area contributed by atoms with Gasteiger partial charge in [-0.15, -0.1) is 0 Å². The maximum Gasteiger partial charge on any atom is 0.0957 e. The number of hydrogen-bond acceptors (Lipinski definition) is 2. The van der Waals surface area contributed by atoms with Gasteiger partial charge in [0.25, 0.3) is 0 Å². The largest absolute Gasteiger partial charge is 0.151 e.